The molecule has 0 fully saturated rings. The molecule has 0 radical (unpaired) electrons. The predicted octanol–water partition coefficient (Wildman–Crippen LogP) is 2.91. The highest BCUT2D eigenvalue weighted by atomic mass is 16.5. The zero-order chi connectivity index (χ0) is 17.2. The average molecular weight is 334 g/mol. The summed E-state index contributed by atoms with van der Waals surface area (Å²) in [4.78, 5) is 29.3. The van der Waals surface area contributed by atoms with Gasteiger partial charge in [-0.05, 0) is 29.7 Å². The number of H-pyrrole nitrogens is 1. The minimum absolute atomic E-state index is 0.168. The first kappa shape index (κ1) is 15.4. The van der Waals surface area contributed by atoms with Crippen molar-refractivity contribution in [1.29, 1.82) is 0 Å². The molecule has 0 atom stereocenters. The summed E-state index contributed by atoms with van der Waals surface area (Å²) in [6.07, 6.45) is 0.831. The lowest BCUT2D eigenvalue weighted by Crippen LogP contribution is -2.38. The number of amides is 1. The molecule has 1 aliphatic rings. The molecule has 0 unspecified atom stereocenters. The van der Waals surface area contributed by atoms with Gasteiger partial charge in [0.1, 0.15) is 5.69 Å². The largest absolute Gasteiger partial charge is 0.451 e. The number of ether oxygens (including phenoxy) is 1. The van der Waals surface area contributed by atoms with E-state index >= 15 is 0 Å². The quantitative estimate of drug-likeness (QED) is 0.749. The number of benzene rings is 2. The van der Waals surface area contributed by atoms with Crippen LogP contribution in [0.5, 0.6) is 0 Å². The van der Waals surface area contributed by atoms with E-state index in [1.165, 1.54) is 5.56 Å². The van der Waals surface area contributed by atoms with Gasteiger partial charge in [-0.25, -0.2) is 4.79 Å². The Labute approximate surface area is 145 Å². The highest BCUT2D eigenvalue weighted by Crippen LogP contribution is 2.19. The molecule has 2 heterocycles. The number of hydrogen-bond acceptors (Lipinski definition) is 3. The summed E-state index contributed by atoms with van der Waals surface area (Å²) in [6, 6.07) is 17.5. The summed E-state index contributed by atoms with van der Waals surface area (Å²) in [6.45, 7) is 0.981. The van der Waals surface area contributed by atoms with Crippen LogP contribution in [-0.4, -0.2) is 34.9 Å². The fourth-order valence-corrected chi connectivity index (χ4v) is 3.19. The van der Waals surface area contributed by atoms with E-state index in [2.05, 4.69) is 11.1 Å². The number of carbonyl (C=O) groups is 2. The normalized spacial score (nSPS) is 13.5. The molecule has 3 aromatic rings. The minimum atomic E-state index is -0.512. The number of nitrogens with zero attached hydrogens (tertiary/aromatic N) is 1. The van der Waals surface area contributed by atoms with Crippen LogP contribution in [0.15, 0.2) is 54.6 Å². The third-order valence-electron chi connectivity index (χ3n) is 4.56. The van der Waals surface area contributed by atoms with Crippen molar-refractivity contribution in [3.8, 4) is 0 Å². The maximum Gasteiger partial charge on any atom is 0.355 e. The molecule has 25 heavy (non-hydrogen) atoms. The van der Waals surface area contributed by atoms with Gasteiger partial charge < -0.3 is 14.6 Å². The van der Waals surface area contributed by atoms with Crippen LogP contribution in [0, 0.1) is 0 Å². The maximum atomic E-state index is 12.4. The molecule has 1 aliphatic heterocycles. The smallest absolute Gasteiger partial charge is 0.355 e. The SMILES string of the molecule is O=C(OCC(=O)N1CCc2ccccc2C1)c1cc2ccccc2[nH]1. The Balaban J connectivity index is 1.38. The van der Waals surface area contributed by atoms with Crippen molar-refractivity contribution < 1.29 is 14.3 Å². The number of fused-ring (bicyclic) bond motifs is 2. The van der Waals surface area contributed by atoms with Gasteiger partial charge in [0, 0.05) is 24.0 Å². The standard InChI is InChI=1S/C20H18N2O3/c23-19(22-10-9-14-5-1-2-7-16(14)12-22)13-25-20(24)18-11-15-6-3-4-8-17(15)21-18/h1-8,11,21H,9-10,12-13H2. The predicted molar refractivity (Wildman–Crippen MR) is 94.1 cm³/mol. The highest BCUT2D eigenvalue weighted by molar-refractivity contribution is 5.95. The van der Waals surface area contributed by atoms with Gasteiger partial charge in [0.15, 0.2) is 6.61 Å². The molecule has 0 aliphatic carbocycles. The van der Waals surface area contributed by atoms with E-state index in [-0.39, 0.29) is 12.5 Å². The molecule has 0 bridgehead atoms. The van der Waals surface area contributed by atoms with Crippen molar-refractivity contribution in [2.45, 2.75) is 13.0 Å². The zero-order valence-corrected chi connectivity index (χ0v) is 13.7. The highest BCUT2D eigenvalue weighted by Gasteiger charge is 2.22. The monoisotopic (exact) mass is 334 g/mol. The Morgan fingerprint density at radius 3 is 2.64 bits per heavy atom. The van der Waals surface area contributed by atoms with E-state index in [1.54, 1.807) is 11.0 Å². The Morgan fingerprint density at radius 1 is 1.04 bits per heavy atom. The van der Waals surface area contributed by atoms with Crippen molar-refractivity contribution >= 4 is 22.8 Å². The molecule has 5 nitrogen and oxygen atoms in total. The van der Waals surface area contributed by atoms with Gasteiger partial charge in [-0.3, -0.25) is 4.79 Å². The Morgan fingerprint density at radius 2 is 1.80 bits per heavy atom. The number of nitrogens with one attached hydrogen (secondary N) is 1. The first-order valence-electron chi connectivity index (χ1n) is 8.30. The molecule has 2 aromatic carbocycles. The van der Waals surface area contributed by atoms with Crippen LogP contribution < -0.4 is 0 Å². The van der Waals surface area contributed by atoms with Crippen LogP contribution in [-0.2, 0) is 22.5 Å². The van der Waals surface area contributed by atoms with Gasteiger partial charge in [-0.15, -0.1) is 0 Å². The van der Waals surface area contributed by atoms with Crippen LogP contribution >= 0.6 is 0 Å². The number of aromatic nitrogens is 1. The van der Waals surface area contributed by atoms with Crippen molar-refractivity contribution in [3.05, 3.63) is 71.4 Å². The lowest BCUT2D eigenvalue weighted by molar-refractivity contribution is -0.135. The molecule has 1 aromatic heterocycles. The molecule has 126 valence electrons. The van der Waals surface area contributed by atoms with Crippen LogP contribution in [0.4, 0.5) is 0 Å². The first-order chi connectivity index (χ1) is 12.2. The van der Waals surface area contributed by atoms with Crippen LogP contribution in [0.1, 0.15) is 21.6 Å². The minimum Gasteiger partial charge on any atom is -0.451 e. The first-order valence-corrected chi connectivity index (χ1v) is 8.30. The summed E-state index contributed by atoms with van der Waals surface area (Å²) >= 11 is 0. The number of rotatable bonds is 3. The van der Waals surface area contributed by atoms with Crippen LogP contribution in [0.2, 0.25) is 0 Å². The van der Waals surface area contributed by atoms with Gasteiger partial charge in [-0.2, -0.15) is 0 Å². The molecule has 5 heteroatoms. The van der Waals surface area contributed by atoms with E-state index in [1.807, 2.05) is 42.5 Å². The summed E-state index contributed by atoms with van der Waals surface area (Å²) in [5.74, 6) is -0.680. The Hall–Kier alpha value is -3.08. The second-order valence-electron chi connectivity index (χ2n) is 6.18. The second kappa shape index (κ2) is 6.43. The molecule has 0 saturated heterocycles. The molecule has 0 spiro atoms. The number of hydrogen-bond donors (Lipinski definition) is 1. The number of para-hydroxylation sites is 1. The van der Waals surface area contributed by atoms with E-state index in [4.69, 9.17) is 4.74 Å². The summed E-state index contributed by atoms with van der Waals surface area (Å²) < 4.78 is 5.20. The van der Waals surface area contributed by atoms with Gasteiger partial charge in [-0.1, -0.05) is 42.5 Å². The molecule has 1 amide bonds. The average Bonchev–Trinajstić information content (AvgIpc) is 3.09. The molecule has 1 N–H and O–H groups in total. The molecule has 4 rings (SSSR count). The van der Waals surface area contributed by atoms with Gasteiger partial charge in [0.2, 0.25) is 0 Å². The van der Waals surface area contributed by atoms with Crippen LogP contribution in [0.3, 0.4) is 0 Å². The van der Waals surface area contributed by atoms with Crippen LogP contribution in [0.25, 0.3) is 10.9 Å². The van der Waals surface area contributed by atoms with Crippen molar-refractivity contribution in [2.75, 3.05) is 13.2 Å². The lowest BCUT2D eigenvalue weighted by Gasteiger charge is -2.28. The number of carbonyl (C=O) groups excluding carboxylic acids is 2. The summed E-state index contributed by atoms with van der Waals surface area (Å²) in [5.41, 5.74) is 3.66. The van der Waals surface area contributed by atoms with Crippen molar-refractivity contribution in [3.63, 3.8) is 0 Å². The number of aromatic amines is 1. The van der Waals surface area contributed by atoms with Gasteiger partial charge in [0.05, 0.1) is 0 Å². The van der Waals surface area contributed by atoms with Crippen molar-refractivity contribution in [2.24, 2.45) is 0 Å². The van der Waals surface area contributed by atoms with Gasteiger partial charge in [0.25, 0.3) is 5.91 Å². The molecular weight excluding hydrogens is 316 g/mol. The third kappa shape index (κ3) is 3.13. The van der Waals surface area contributed by atoms with E-state index < -0.39 is 5.97 Å². The Kier molecular flexibility index (Phi) is 3.98. The zero-order valence-electron chi connectivity index (χ0n) is 13.7. The fourth-order valence-electron chi connectivity index (χ4n) is 3.19. The lowest BCUT2D eigenvalue weighted by atomic mass is 10.00. The van der Waals surface area contributed by atoms with Gasteiger partial charge >= 0.3 is 5.97 Å². The Bertz CT molecular complexity index is 912. The number of esters is 1. The second-order valence-corrected chi connectivity index (χ2v) is 6.18. The molecular formula is C20H18N2O3. The molecule has 0 saturated carbocycles. The van der Waals surface area contributed by atoms with E-state index in [0.29, 0.717) is 18.8 Å². The fraction of sp³-hybridized carbons (Fsp3) is 0.200. The van der Waals surface area contributed by atoms with Crippen molar-refractivity contribution in [1.82, 2.24) is 9.88 Å². The third-order valence-corrected chi connectivity index (χ3v) is 4.56. The topological polar surface area (TPSA) is 62.4 Å². The van der Waals surface area contributed by atoms with E-state index in [9.17, 15) is 9.59 Å². The van der Waals surface area contributed by atoms with E-state index in [0.717, 1.165) is 22.9 Å². The summed E-state index contributed by atoms with van der Waals surface area (Å²) in [7, 11) is 0. The summed E-state index contributed by atoms with van der Waals surface area (Å²) in [5, 5.41) is 0.938. The maximum absolute atomic E-state index is 12.4.